The number of rotatable bonds is 5. The van der Waals surface area contributed by atoms with E-state index in [2.05, 4.69) is 16.1 Å². The largest absolute Gasteiger partial charge is 0.458 e. The predicted octanol–water partition coefficient (Wildman–Crippen LogP) is 0.771. The summed E-state index contributed by atoms with van der Waals surface area (Å²) in [5.74, 6) is -1.50. The molecule has 2 unspecified atom stereocenters. The molecule has 0 aliphatic heterocycles. The Morgan fingerprint density at radius 2 is 2.20 bits per heavy atom. The number of hydrogen-bond acceptors (Lipinski definition) is 5. The van der Waals surface area contributed by atoms with Gasteiger partial charge in [0.15, 0.2) is 0 Å². The Bertz CT molecular complexity index is 264. The van der Waals surface area contributed by atoms with Crippen LogP contribution in [0.3, 0.4) is 0 Å². The quantitative estimate of drug-likeness (QED) is 0.447. The maximum absolute atomic E-state index is 10.6. The summed E-state index contributed by atoms with van der Waals surface area (Å²) in [4.78, 5) is 21.1. The average Bonchev–Trinajstić information content (AvgIpc) is 2.13. The molecule has 0 saturated heterocycles. The van der Waals surface area contributed by atoms with E-state index in [1.807, 2.05) is 0 Å². The summed E-state index contributed by atoms with van der Waals surface area (Å²) in [7, 11) is 0. The van der Waals surface area contributed by atoms with Gasteiger partial charge in [0, 0.05) is 13.0 Å². The Balaban J connectivity index is 4.21. The van der Waals surface area contributed by atoms with Gasteiger partial charge in [-0.05, 0) is 0 Å². The van der Waals surface area contributed by atoms with Gasteiger partial charge in [-0.3, -0.25) is 4.79 Å². The standard InChI is InChI=1S/C8H10Cl2O5/c1-3-6(12)14-4-8(10,13)7(9)15-5(2)11/h3,7,13H,1,4H2,2H3. The first-order valence-electron chi connectivity index (χ1n) is 3.81. The van der Waals surface area contributed by atoms with Crippen LogP contribution < -0.4 is 0 Å². The highest BCUT2D eigenvalue weighted by atomic mass is 35.5. The number of halogens is 2. The molecule has 0 saturated carbocycles. The molecule has 1 N–H and O–H groups in total. The summed E-state index contributed by atoms with van der Waals surface area (Å²) in [6.07, 6.45) is 0.891. The third-order valence-electron chi connectivity index (χ3n) is 1.20. The molecule has 0 aliphatic carbocycles. The van der Waals surface area contributed by atoms with Gasteiger partial charge in [-0.25, -0.2) is 4.79 Å². The molecular formula is C8H10Cl2O5. The van der Waals surface area contributed by atoms with E-state index in [0.29, 0.717) is 0 Å². The van der Waals surface area contributed by atoms with E-state index in [-0.39, 0.29) is 0 Å². The summed E-state index contributed by atoms with van der Waals surface area (Å²) in [5, 5.41) is 7.25. The lowest BCUT2D eigenvalue weighted by atomic mass is 10.4. The topological polar surface area (TPSA) is 72.8 Å². The SMILES string of the molecule is C=CC(=O)OCC(O)(Cl)C(Cl)OC(C)=O. The highest BCUT2D eigenvalue weighted by Gasteiger charge is 2.37. The molecule has 0 amide bonds. The van der Waals surface area contributed by atoms with Crippen molar-refractivity contribution in [1.82, 2.24) is 0 Å². The van der Waals surface area contributed by atoms with E-state index < -0.39 is 29.2 Å². The van der Waals surface area contributed by atoms with Gasteiger partial charge < -0.3 is 14.6 Å². The summed E-state index contributed by atoms with van der Waals surface area (Å²) < 4.78 is 8.85. The zero-order chi connectivity index (χ0) is 12.1. The molecule has 0 fully saturated rings. The van der Waals surface area contributed by atoms with Crippen molar-refractivity contribution >= 4 is 35.1 Å². The van der Waals surface area contributed by atoms with Crippen LogP contribution in [-0.2, 0) is 19.1 Å². The van der Waals surface area contributed by atoms with E-state index in [1.165, 1.54) is 0 Å². The minimum Gasteiger partial charge on any atom is -0.458 e. The van der Waals surface area contributed by atoms with Crippen LogP contribution in [0.5, 0.6) is 0 Å². The van der Waals surface area contributed by atoms with E-state index in [1.54, 1.807) is 0 Å². The normalized spacial score (nSPS) is 16.0. The second-order valence-electron chi connectivity index (χ2n) is 2.56. The van der Waals surface area contributed by atoms with Crippen LogP contribution in [0.2, 0.25) is 0 Å². The molecule has 5 nitrogen and oxygen atoms in total. The first kappa shape index (κ1) is 14.2. The van der Waals surface area contributed by atoms with Gasteiger partial charge in [0.25, 0.3) is 0 Å². The number of aliphatic hydroxyl groups is 1. The highest BCUT2D eigenvalue weighted by Crippen LogP contribution is 2.23. The van der Waals surface area contributed by atoms with E-state index in [4.69, 9.17) is 23.2 Å². The van der Waals surface area contributed by atoms with Crippen LogP contribution in [0.4, 0.5) is 0 Å². The van der Waals surface area contributed by atoms with Crippen molar-refractivity contribution in [2.45, 2.75) is 17.5 Å². The lowest BCUT2D eigenvalue weighted by Crippen LogP contribution is -2.40. The van der Waals surface area contributed by atoms with Crippen LogP contribution in [0.1, 0.15) is 6.92 Å². The summed E-state index contributed by atoms with van der Waals surface area (Å²) in [5.41, 5.74) is -1.52. The molecule has 0 aromatic carbocycles. The monoisotopic (exact) mass is 256 g/mol. The predicted molar refractivity (Wildman–Crippen MR) is 53.4 cm³/mol. The summed E-state index contributed by atoms with van der Waals surface area (Å²) in [6, 6.07) is 0. The Kier molecular flexibility index (Phi) is 5.64. The molecule has 0 bridgehead atoms. The maximum Gasteiger partial charge on any atom is 0.330 e. The molecule has 0 aromatic rings. The number of alkyl halides is 2. The van der Waals surface area contributed by atoms with Gasteiger partial charge in [0.2, 0.25) is 10.6 Å². The van der Waals surface area contributed by atoms with Crippen LogP contribution >= 0.6 is 23.2 Å². The van der Waals surface area contributed by atoms with Crippen molar-refractivity contribution in [3.05, 3.63) is 12.7 Å². The number of ether oxygens (including phenoxy) is 2. The fraction of sp³-hybridized carbons (Fsp3) is 0.500. The third kappa shape index (κ3) is 5.61. The molecular weight excluding hydrogens is 247 g/mol. The van der Waals surface area contributed by atoms with Gasteiger partial charge in [0.05, 0.1) is 0 Å². The summed E-state index contributed by atoms with van der Waals surface area (Å²) >= 11 is 10.9. The highest BCUT2D eigenvalue weighted by molar-refractivity contribution is 6.31. The Morgan fingerprint density at radius 3 is 2.60 bits per heavy atom. The van der Waals surface area contributed by atoms with Crippen LogP contribution in [0.15, 0.2) is 12.7 Å². The van der Waals surface area contributed by atoms with Gasteiger partial charge in [-0.2, -0.15) is 0 Å². The molecule has 2 atom stereocenters. The molecule has 0 aromatic heterocycles. The fourth-order valence-electron chi connectivity index (χ4n) is 0.533. The molecule has 0 spiro atoms. The molecule has 0 heterocycles. The first-order valence-corrected chi connectivity index (χ1v) is 4.63. The molecule has 15 heavy (non-hydrogen) atoms. The first-order chi connectivity index (χ1) is 6.79. The lowest BCUT2D eigenvalue weighted by molar-refractivity contribution is -0.154. The van der Waals surface area contributed by atoms with E-state index in [9.17, 15) is 14.7 Å². The van der Waals surface area contributed by atoms with Gasteiger partial charge in [-0.1, -0.05) is 29.8 Å². The second-order valence-corrected chi connectivity index (χ2v) is 3.61. The maximum atomic E-state index is 10.6. The van der Waals surface area contributed by atoms with E-state index in [0.717, 1.165) is 13.0 Å². The van der Waals surface area contributed by atoms with Crippen molar-refractivity contribution in [3.63, 3.8) is 0 Å². The zero-order valence-electron chi connectivity index (χ0n) is 7.91. The molecule has 0 radical (unpaired) electrons. The van der Waals surface area contributed by atoms with Crippen molar-refractivity contribution in [2.75, 3.05) is 6.61 Å². The van der Waals surface area contributed by atoms with Gasteiger partial charge in [0.1, 0.15) is 6.61 Å². The smallest absolute Gasteiger partial charge is 0.330 e. The van der Waals surface area contributed by atoms with E-state index >= 15 is 0 Å². The number of carbonyl (C=O) groups is 2. The minimum absolute atomic E-state index is 0.624. The second kappa shape index (κ2) is 5.95. The average molecular weight is 257 g/mol. The zero-order valence-corrected chi connectivity index (χ0v) is 9.42. The van der Waals surface area contributed by atoms with Crippen molar-refractivity contribution in [3.8, 4) is 0 Å². The van der Waals surface area contributed by atoms with Crippen molar-refractivity contribution < 1.29 is 24.2 Å². The Labute approximate surface area is 96.6 Å². The van der Waals surface area contributed by atoms with Crippen LogP contribution in [-0.4, -0.2) is 34.3 Å². The summed E-state index contributed by atoms with van der Waals surface area (Å²) in [6.45, 7) is 3.61. The van der Waals surface area contributed by atoms with Crippen LogP contribution in [0.25, 0.3) is 0 Å². The van der Waals surface area contributed by atoms with Gasteiger partial charge in [-0.15, -0.1) is 0 Å². The molecule has 0 aliphatic rings. The molecule has 86 valence electrons. The van der Waals surface area contributed by atoms with Crippen molar-refractivity contribution in [2.24, 2.45) is 0 Å². The van der Waals surface area contributed by atoms with Crippen LogP contribution in [0, 0.1) is 0 Å². The minimum atomic E-state index is -2.17. The Morgan fingerprint density at radius 1 is 1.67 bits per heavy atom. The lowest BCUT2D eigenvalue weighted by Gasteiger charge is -2.24. The molecule has 7 heteroatoms. The van der Waals surface area contributed by atoms with Gasteiger partial charge >= 0.3 is 11.9 Å². The third-order valence-corrected chi connectivity index (χ3v) is 2.07. The number of carbonyl (C=O) groups excluding carboxylic acids is 2. The number of esters is 2. The molecule has 0 rings (SSSR count). The Hall–Kier alpha value is -0.780. The van der Waals surface area contributed by atoms with Crippen molar-refractivity contribution in [1.29, 1.82) is 0 Å². The number of hydrogen-bond donors (Lipinski definition) is 1. The fourth-order valence-corrected chi connectivity index (χ4v) is 0.820.